The quantitative estimate of drug-likeness (QED) is 0.664. The molecule has 150 valence electrons. The summed E-state index contributed by atoms with van der Waals surface area (Å²) in [4.78, 5) is 12.5. The van der Waals surface area contributed by atoms with Crippen LogP contribution >= 0.6 is 0 Å². The molecule has 1 amide bonds. The van der Waals surface area contributed by atoms with Gasteiger partial charge in [0.2, 0.25) is 5.91 Å². The van der Waals surface area contributed by atoms with Gasteiger partial charge in [0, 0.05) is 16.9 Å². The number of nitrogens with zero attached hydrogens (tertiary/aromatic N) is 4. The first-order valence-corrected chi connectivity index (χ1v) is 9.93. The maximum Gasteiger partial charge on any atom is 0.243 e. The summed E-state index contributed by atoms with van der Waals surface area (Å²) in [6.45, 7) is 6.58. The number of rotatable bonds is 6. The molecule has 0 bridgehead atoms. The predicted molar refractivity (Wildman–Crippen MR) is 114 cm³/mol. The highest BCUT2D eigenvalue weighted by Gasteiger charge is 2.28. The molecule has 1 aliphatic carbocycles. The standard InChI is InChI=1S/C22H26N6O/c1-22(2,3)18-9-4-5-10-19(18)24-20(29)14-23-16-8-6-7-15(13-16)21-25-26-27-28(21)17-11-12-17/h4-10,13,17,23H,11-12,14H2,1-3H3,(H,24,29). The monoisotopic (exact) mass is 390 g/mol. The lowest BCUT2D eigenvalue weighted by Crippen LogP contribution is -2.24. The van der Waals surface area contributed by atoms with Crippen LogP contribution in [-0.4, -0.2) is 32.7 Å². The van der Waals surface area contributed by atoms with Crippen molar-refractivity contribution in [2.45, 2.75) is 45.1 Å². The Morgan fingerprint density at radius 1 is 1.14 bits per heavy atom. The molecule has 4 rings (SSSR count). The third kappa shape index (κ3) is 4.45. The molecule has 1 heterocycles. The number of aromatic nitrogens is 4. The zero-order chi connectivity index (χ0) is 20.4. The van der Waals surface area contributed by atoms with E-state index in [4.69, 9.17) is 0 Å². The van der Waals surface area contributed by atoms with Gasteiger partial charge in [-0.05, 0) is 52.4 Å². The minimum Gasteiger partial charge on any atom is -0.376 e. The number of hydrogen-bond donors (Lipinski definition) is 2. The molecule has 0 spiro atoms. The summed E-state index contributed by atoms with van der Waals surface area (Å²) in [7, 11) is 0. The molecule has 0 radical (unpaired) electrons. The van der Waals surface area contributed by atoms with Crippen LogP contribution in [0.1, 0.15) is 45.2 Å². The molecule has 7 nitrogen and oxygen atoms in total. The number of hydrogen-bond acceptors (Lipinski definition) is 5. The van der Waals surface area contributed by atoms with Gasteiger partial charge in [0.05, 0.1) is 12.6 Å². The number of tetrazole rings is 1. The molecule has 2 aromatic carbocycles. The van der Waals surface area contributed by atoms with Crippen molar-refractivity contribution < 1.29 is 4.79 Å². The van der Waals surface area contributed by atoms with E-state index in [0.29, 0.717) is 6.04 Å². The van der Waals surface area contributed by atoms with Crippen molar-refractivity contribution >= 4 is 17.3 Å². The molecule has 1 fully saturated rings. The largest absolute Gasteiger partial charge is 0.376 e. The topological polar surface area (TPSA) is 84.7 Å². The molecule has 1 aliphatic rings. The van der Waals surface area contributed by atoms with E-state index in [0.717, 1.165) is 41.2 Å². The summed E-state index contributed by atoms with van der Waals surface area (Å²) in [5, 5.41) is 18.3. The first kappa shape index (κ1) is 19.1. The van der Waals surface area contributed by atoms with Crippen LogP contribution in [0.4, 0.5) is 11.4 Å². The Morgan fingerprint density at radius 2 is 1.93 bits per heavy atom. The Morgan fingerprint density at radius 3 is 2.69 bits per heavy atom. The Bertz CT molecular complexity index is 1020. The Kier molecular flexibility index (Phi) is 5.05. The lowest BCUT2D eigenvalue weighted by Gasteiger charge is -2.23. The van der Waals surface area contributed by atoms with Crippen molar-refractivity contribution in [3.8, 4) is 11.4 Å². The van der Waals surface area contributed by atoms with E-state index in [1.165, 1.54) is 0 Å². The summed E-state index contributed by atoms with van der Waals surface area (Å²) in [5.74, 6) is 0.676. The molecule has 0 atom stereocenters. The Labute approximate surface area is 170 Å². The van der Waals surface area contributed by atoms with Crippen LogP contribution in [0.3, 0.4) is 0 Å². The molecular weight excluding hydrogens is 364 g/mol. The highest BCUT2D eigenvalue weighted by Crippen LogP contribution is 2.36. The van der Waals surface area contributed by atoms with Crippen molar-refractivity contribution in [2.24, 2.45) is 0 Å². The minimum atomic E-state index is -0.0880. The van der Waals surface area contributed by atoms with Gasteiger partial charge in [-0.15, -0.1) is 5.10 Å². The number of benzene rings is 2. The predicted octanol–water partition coefficient (Wildman–Crippen LogP) is 4.02. The highest BCUT2D eigenvalue weighted by atomic mass is 16.1. The lowest BCUT2D eigenvalue weighted by atomic mass is 9.86. The Hall–Kier alpha value is -3.22. The van der Waals surface area contributed by atoms with Crippen molar-refractivity contribution in [3.05, 3.63) is 54.1 Å². The number of carbonyl (C=O) groups is 1. The summed E-state index contributed by atoms with van der Waals surface area (Å²) >= 11 is 0. The van der Waals surface area contributed by atoms with Crippen LogP contribution < -0.4 is 10.6 Å². The number of amides is 1. The Balaban J connectivity index is 1.42. The molecule has 0 unspecified atom stereocenters. The SMILES string of the molecule is CC(C)(C)c1ccccc1NC(=O)CNc1cccc(-c2nnnn2C2CC2)c1. The fraction of sp³-hybridized carbons (Fsp3) is 0.364. The van der Waals surface area contributed by atoms with Crippen LogP contribution in [-0.2, 0) is 10.2 Å². The van der Waals surface area contributed by atoms with Crippen LogP contribution in [0, 0.1) is 0 Å². The van der Waals surface area contributed by atoms with E-state index in [-0.39, 0.29) is 17.9 Å². The average Bonchev–Trinajstić information content (AvgIpc) is 3.42. The second kappa shape index (κ2) is 7.66. The van der Waals surface area contributed by atoms with Crippen LogP contribution in [0.15, 0.2) is 48.5 Å². The molecular formula is C22H26N6O. The highest BCUT2D eigenvalue weighted by molar-refractivity contribution is 5.94. The zero-order valence-electron chi connectivity index (χ0n) is 17.0. The van der Waals surface area contributed by atoms with Gasteiger partial charge < -0.3 is 10.6 Å². The van der Waals surface area contributed by atoms with E-state index in [9.17, 15) is 4.79 Å². The molecule has 0 aliphatic heterocycles. The average molecular weight is 390 g/mol. The molecule has 3 aromatic rings. The van der Waals surface area contributed by atoms with Crippen molar-refractivity contribution in [3.63, 3.8) is 0 Å². The molecule has 0 saturated heterocycles. The van der Waals surface area contributed by atoms with Gasteiger partial charge in [-0.25, -0.2) is 4.68 Å². The number of carbonyl (C=O) groups excluding carboxylic acids is 1. The van der Waals surface area contributed by atoms with Gasteiger partial charge in [0.1, 0.15) is 0 Å². The summed E-state index contributed by atoms with van der Waals surface area (Å²) in [5.41, 5.74) is 3.71. The molecule has 29 heavy (non-hydrogen) atoms. The zero-order valence-corrected chi connectivity index (χ0v) is 17.0. The molecule has 2 N–H and O–H groups in total. The minimum absolute atomic E-state index is 0.0445. The van der Waals surface area contributed by atoms with E-state index in [2.05, 4.69) is 53.0 Å². The summed E-state index contributed by atoms with van der Waals surface area (Å²) in [6.07, 6.45) is 2.23. The van der Waals surface area contributed by atoms with E-state index >= 15 is 0 Å². The van der Waals surface area contributed by atoms with Crippen molar-refractivity contribution in [2.75, 3.05) is 17.2 Å². The second-order valence-electron chi connectivity index (χ2n) is 8.46. The van der Waals surface area contributed by atoms with E-state index in [1.54, 1.807) is 0 Å². The number of anilines is 2. The van der Waals surface area contributed by atoms with Crippen LogP contribution in [0.2, 0.25) is 0 Å². The van der Waals surface area contributed by atoms with Crippen LogP contribution in [0.25, 0.3) is 11.4 Å². The first-order chi connectivity index (χ1) is 13.9. The lowest BCUT2D eigenvalue weighted by molar-refractivity contribution is -0.114. The molecule has 1 saturated carbocycles. The second-order valence-corrected chi connectivity index (χ2v) is 8.46. The van der Waals surface area contributed by atoms with Gasteiger partial charge in [0.15, 0.2) is 5.82 Å². The van der Waals surface area contributed by atoms with E-state index in [1.807, 2.05) is 47.1 Å². The van der Waals surface area contributed by atoms with Crippen molar-refractivity contribution in [1.82, 2.24) is 20.2 Å². The normalized spacial score (nSPS) is 13.9. The fourth-order valence-corrected chi connectivity index (χ4v) is 3.34. The fourth-order valence-electron chi connectivity index (χ4n) is 3.34. The van der Waals surface area contributed by atoms with Crippen LogP contribution in [0.5, 0.6) is 0 Å². The van der Waals surface area contributed by atoms with E-state index < -0.39 is 0 Å². The third-order valence-corrected chi connectivity index (χ3v) is 4.97. The van der Waals surface area contributed by atoms with Gasteiger partial charge in [-0.1, -0.05) is 51.1 Å². The smallest absolute Gasteiger partial charge is 0.243 e. The van der Waals surface area contributed by atoms with Gasteiger partial charge in [-0.3, -0.25) is 4.79 Å². The summed E-state index contributed by atoms with van der Waals surface area (Å²) < 4.78 is 1.88. The maximum absolute atomic E-state index is 12.5. The van der Waals surface area contributed by atoms with Crippen molar-refractivity contribution in [1.29, 1.82) is 0 Å². The first-order valence-electron chi connectivity index (χ1n) is 9.93. The van der Waals surface area contributed by atoms with Gasteiger partial charge >= 0.3 is 0 Å². The number of nitrogens with one attached hydrogen (secondary N) is 2. The number of para-hydroxylation sites is 1. The third-order valence-electron chi connectivity index (χ3n) is 4.97. The molecule has 7 heteroatoms. The van der Waals surface area contributed by atoms with Gasteiger partial charge in [-0.2, -0.15) is 0 Å². The molecule has 1 aromatic heterocycles. The summed E-state index contributed by atoms with van der Waals surface area (Å²) in [6, 6.07) is 16.2. The van der Waals surface area contributed by atoms with Gasteiger partial charge in [0.25, 0.3) is 0 Å². The maximum atomic E-state index is 12.5.